The Kier molecular flexibility index (Phi) is 4.45. The molecular weight excluding hydrogens is 234 g/mol. The van der Waals surface area contributed by atoms with Crippen molar-refractivity contribution in [2.24, 2.45) is 11.8 Å². The lowest BCUT2D eigenvalue weighted by molar-refractivity contribution is 0.223. The van der Waals surface area contributed by atoms with Crippen molar-refractivity contribution in [3.05, 3.63) is 0 Å². The van der Waals surface area contributed by atoms with Crippen molar-refractivity contribution in [2.45, 2.75) is 50.6 Å². The molecule has 3 heteroatoms. The van der Waals surface area contributed by atoms with Crippen LogP contribution in [0.3, 0.4) is 0 Å². The molecule has 110 valence electrons. The molecule has 0 aromatic heterocycles. The van der Waals surface area contributed by atoms with Crippen LogP contribution < -0.4 is 5.32 Å². The van der Waals surface area contributed by atoms with Crippen molar-refractivity contribution in [3.8, 4) is 0 Å². The van der Waals surface area contributed by atoms with Crippen LogP contribution in [-0.4, -0.2) is 62.2 Å². The molecule has 0 saturated carbocycles. The van der Waals surface area contributed by atoms with Crippen LogP contribution in [0.1, 0.15) is 38.5 Å². The number of nitrogens with one attached hydrogen (secondary N) is 1. The molecule has 3 unspecified atom stereocenters. The van der Waals surface area contributed by atoms with E-state index in [4.69, 9.17) is 0 Å². The Balaban J connectivity index is 1.35. The Hall–Kier alpha value is -0.120. The van der Waals surface area contributed by atoms with Crippen molar-refractivity contribution in [1.82, 2.24) is 15.1 Å². The average molecular weight is 265 g/mol. The molecule has 0 spiro atoms. The van der Waals surface area contributed by atoms with Gasteiger partial charge in [0.2, 0.25) is 0 Å². The van der Waals surface area contributed by atoms with Crippen LogP contribution in [0.4, 0.5) is 0 Å². The highest BCUT2D eigenvalue weighted by atomic mass is 15.1. The van der Waals surface area contributed by atoms with Gasteiger partial charge in [-0.3, -0.25) is 0 Å². The fraction of sp³-hybridized carbons (Fsp3) is 1.00. The first-order chi connectivity index (χ1) is 9.19. The van der Waals surface area contributed by atoms with Crippen LogP contribution in [0, 0.1) is 11.8 Å². The molecule has 1 N–H and O–H groups in total. The Morgan fingerprint density at radius 3 is 2.47 bits per heavy atom. The molecule has 2 bridgehead atoms. The molecule has 3 aliphatic heterocycles. The summed E-state index contributed by atoms with van der Waals surface area (Å²) in [7, 11) is 4.58. The van der Waals surface area contributed by atoms with Gasteiger partial charge in [0.15, 0.2) is 0 Å². The fourth-order valence-corrected chi connectivity index (χ4v) is 4.52. The summed E-state index contributed by atoms with van der Waals surface area (Å²) in [6.07, 6.45) is 8.58. The topological polar surface area (TPSA) is 18.5 Å². The summed E-state index contributed by atoms with van der Waals surface area (Å²) in [6, 6.07) is 1.72. The number of fused-ring (bicyclic) bond motifs is 2. The lowest BCUT2D eigenvalue weighted by Gasteiger charge is -2.30. The largest absolute Gasteiger partial charge is 0.311 e. The standard InChI is InChI=1S/C16H31N3/c1-18(11-14-6-8-19(2)12-14)7-5-13-9-15-3-4-16(10-13)17-15/h13-17H,3-12H2,1-2H3. The third-order valence-corrected chi connectivity index (χ3v) is 5.55. The number of hydrogen-bond donors (Lipinski definition) is 1. The van der Waals surface area contributed by atoms with E-state index < -0.39 is 0 Å². The minimum Gasteiger partial charge on any atom is -0.311 e. The van der Waals surface area contributed by atoms with Gasteiger partial charge in [0.1, 0.15) is 0 Å². The van der Waals surface area contributed by atoms with Crippen LogP contribution >= 0.6 is 0 Å². The highest BCUT2D eigenvalue weighted by molar-refractivity contribution is 4.92. The Morgan fingerprint density at radius 2 is 1.84 bits per heavy atom. The third kappa shape index (κ3) is 3.71. The SMILES string of the molecule is CN(CCC1CC2CCC(C1)N2)CC1CCN(C)C1. The van der Waals surface area contributed by atoms with Gasteiger partial charge < -0.3 is 15.1 Å². The molecule has 0 radical (unpaired) electrons. The molecule has 3 fully saturated rings. The zero-order chi connectivity index (χ0) is 13.2. The van der Waals surface area contributed by atoms with E-state index in [2.05, 4.69) is 29.2 Å². The first-order valence-corrected chi connectivity index (χ1v) is 8.32. The first-order valence-electron chi connectivity index (χ1n) is 8.32. The van der Waals surface area contributed by atoms with Crippen molar-refractivity contribution < 1.29 is 0 Å². The second-order valence-electron chi connectivity index (χ2n) is 7.44. The molecular formula is C16H31N3. The van der Waals surface area contributed by atoms with E-state index in [1.54, 1.807) is 0 Å². The predicted molar refractivity (Wildman–Crippen MR) is 80.4 cm³/mol. The van der Waals surface area contributed by atoms with Gasteiger partial charge in [0, 0.05) is 25.2 Å². The van der Waals surface area contributed by atoms with Crippen LogP contribution in [0.25, 0.3) is 0 Å². The van der Waals surface area contributed by atoms with E-state index in [0.717, 1.165) is 23.9 Å². The summed E-state index contributed by atoms with van der Waals surface area (Å²) in [4.78, 5) is 5.07. The number of rotatable bonds is 5. The fourth-order valence-electron chi connectivity index (χ4n) is 4.52. The minimum atomic E-state index is 0.859. The van der Waals surface area contributed by atoms with Gasteiger partial charge in [-0.05, 0) is 77.5 Å². The molecule has 3 heterocycles. The number of piperidine rings is 1. The van der Waals surface area contributed by atoms with Crippen LogP contribution in [0.5, 0.6) is 0 Å². The summed E-state index contributed by atoms with van der Waals surface area (Å²) < 4.78 is 0. The molecule has 3 atom stereocenters. The van der Waals surface area contributed by atoms with E-state index in [1.807, 2.05) is 0 Å². The van der Waals surface area contributed by atoms with Gasteiger partial charge in [-0.25, -0.2) is 0 Å². The predicted octanol–water partition coefficient (Wildman–Crippen LogP) is 1.79. The highest BCUT2D eigenvalue weighted by Gasteiger charge is 2.33. The second kappa shape index (κ2) is 6.11. The Labute approximate surface area is 118 Å². The smallest absolute Gasteiger partial charge is 0.00728 e. The Morgan fingerprint density at radius 1 is 1.11 bits per heavy atom. The maximum absolute atomic E-state index is 3.75. The monoisotopic (exact) mass is 265 g/mol. The molecule has 3 saturated heterocycles. The molecule has 0 amide bonds. The quantitative estimate of drug-likeness (QED) is 0.817. The van der Waals surface area contributed by atoms with Gasteiger partial charge in [0.05, 0.1) is 0 Å². The van der Waals surface area contributed by atoms with Gasteiger partial charge >= 0.3 is 0 Å². The van der Waals surface area contributed by atoms with Gasteiger partial charge in [-0.1, -0.05) is 0 Å². The van der Waals surface area contributed by atoms with Gasteiger partial charge in [0.25, 0.3) is 0 Å². The van der Waals surface area contributed by atoms with Crippen molar-refractivity contribution >= 4 is 0 Å². The number of likely N-dealkylation sites (tertiary alicyclic amines) is 1. The molecule has 0 aromatic rings. The second-order valence-corrected chi connectivity index (χ2v) is 7.44. The Bertz CT molecular complexity index is 282. The van der Waals surface area contributed by atoms with Gasteiger partial charge in [-0.2, -0.15) is 0 Å². The third-order valence-electron chi connectivity index (χ3n) is 5.55. The van der Waals surface area contributed by atoms with Crippen molar-refractivity contribution in [1.29, 1.82) is 0 Å². The molecule has 3 rings (SSSR count). The highest BCUT2D eigenvalue weighted by Crippen LogP contribution is 2.32. The van der Waals surface area contributed by atoms with E-state index in [9.17, 15) is 0 Å². The molecule has 3 aliphatic rings. The van der Waals surface area contributed by atoms with Crippen LogP contribution in [0.2, 0.25) is 0 Å². The molecule has 0 aromatic carbocycles. The molecule has 3 nitrogen and oxygen atoms in total. The van der Waals surface area contributed by atoms with Crippen molar-refractivity contribution in [3.63, 3.8) is 0 Å². The summed E-state index contributed by atoms with van der Waals surface area (Å²) >= 11 is 0. The summed E-state index contributed by atoms with van der Waals surface area (Å²) in [6.45, 7) is 5.23. The molecule has 19 heavy (non-hydrogen) atoms. The van der Waals surface area contributed by atoms with E-state index in [0.29, 0.717) is 0 Å². The van der Waals surface area contributed by atoms with Crippen LogP contribution in [-0.2, 0) is 0 Å². The maximum atomic E-state index is 3.75. The number of hydrogen-bond acceptors (Lipinski definition) is 3. The zero-order valence-electron chi connectivity index (χ0n) is 12.8. The molecule has 0 aliphatic carbocycles. The summed E-state index contributed by atoms with van der Waals surface area (Å²) in [5.74, 6) is 1.91. The summed E-state index contributed by atoms with van der Waals surface area (Å²) in [5.41, 5.74) is 0. The average Bonchev–Trinajstić information content (AvgIpc) is 2.93. The zero-order valence-corrected chi connectivity index (χ0v) is 12.8. The summed E-state index contributed by atoms with van der Waals surface area (Å²) in [5, 5.41) is 3.75. The van der Waals surface area contributed by atoms with E-state index >= 15 is 0 Å². The van der Waals surface area contributed by atoms with Gasteiger partial charge in [-0.15, -0.1) is 0 Å². The first kappa shape index (κ1) is 13.8. The minimum absolute atomic E-state index is 0.859. The van der Waals surface area contributed by atoms with E-state index in [-0.39, 0.29) is 0 Å². The maximum Gasteiger partial charge on any atom is 0.00728 e. The lowest BCUT2D eigenvalue weighted by Crippen LogP contribution is -2.39. The lowest BCUT2D eigenvalue weighted by atomic mass is 9.89. The van der Waals surface area contributed by atoms with Crippen LogP contribution in [0.15, 0.2) is 0 Å². The number of nitrogens with zero attached hydrogens (tertiary/aromatic N) is 2. The van der Waals surface area contributed by atoms with E-state index in [1.165, 1.54) is 64.7 Å². The normalized spacial score (nSPS) is 39.3. The van der Waals surface area contributed by atoms with Crippen molar-refractivity contribution in [2.75, 3.05) is 40.3 Å².